The molecule has 2 aromatic heterocycles. The molecule has 0 aliphatic rings. The second-order valence-electron chi connectivity index (χ2n) is 4.57. The monoisotopic (exact) mass is 284 g/mol. The molecule has 3 nitrogen and oxygen atoms in total. The van der Waals surface area contributed by atoms with E-state index in [0.29, 0.717) is 6.54 Å². The highest BCUT2D eigenvalue weighted by molar-refractivity contribution is 7.97. The van der Waals surface area contributed by atoms with Crippen LogP contribution < -0.4 is 5.32 Å². The van der Waals surface area contributed by atoms with Crippen molar-refractivity contribution in [3.63, 3.8) is 0 Å². The quantitative estimate of drug-likeness (QED) is 0.758. The Morgan fingerprint density at radius 3 is 2.95 bits per heavy atom. The van der Waals surface area contributed by atoms with E-state index in [2.05, 4.69) is 28.7 Å². The van der Waals surface area contributed by atoms with E-state index in [1.165, 1.54) is 0 Å². The number of thioether (sulfide) groups is 1. The molecule has 0 fully saturated rings. The zero-order valence-electron chi connectivity index (χ0n) is 11.3. The van der Waals surface area contributed by atoms with E-state index in [1.807, 2.05) is 36.5 Å². The van der Waals surface area contributed by atoms with Gasteiger partial charge in [0, 0.05) is 17.3 Å². The first kappa shape index (κ1) is 13.1. The van der Waals surface area contributed by atoms with Crippen LogP contribution in [0.15, 0.2) is 53.1 Å². The molecule has 102 valence electrons. The van der Waals surface area contributed by atoms with Crippen LogP contribution in [-0.2, 0) is 12.3 Å². The van der Waals surface area contributed by atoms with Crippen molar-refractivity contribution < 1.29 is 4.42 Å². The minimum absolute atomic E-state index is 0.695. The smallest absolute Gasteiger partial charge is 0.123 e. The summed E-state index contributed by atoms with van der Waals surface area (Å²) in [6.07, 6.45) is 3.88. The molecule has 1 N–H and O–H groups in total. The second-order valence-corrected chi connectivity index (χ2v) is 5.43. The molecular weight excluding hydrogens is 268 g/mol. The summed E-state index contributed by atoms with van der Waals surface area (Å²) in [6.45, 7) is 0.695. The summed E-state index contributed by atoms with van der Waals surface area (Å²) >= 11 is 1.76. The molecular formula is C16H16N2OS. The van der Waals surface area contributed by atoms with Crippen LogP contribution in [-0.4, -0.2) is 11.2 Å². The largest absolute Gasteiger partial charge is 0.463 e. The maximum atomic E-state index is 5.74. The number of nitrogens with zero attached hydrogens (tertiary/aromatic N) is 1. The number of benzene rings is 1. The molecule has 0 amide bonds. The molecule has 3 aromatic rings. The molecule has 0 unspecified atom stereocenters. The topological polar surface area (TPSA) is 38.1 Å². The lowest BCUT2D eigenvalue weighted by Gasteiger charge is -2.05. The highest BCUT2D eigenvalue weighted by Crippen LogP contribution is 2.19. The molecule has 0 radical (unpaired) electrons. The van der Waals surface area contributed by atoms with Crippen LogP contribution in [0, 0.1) is 0 Å². The Kier molecular flexibility index (Phi) is 3.92. The molecule has 2 heterocycles. The normalized spacial score (nSPS) is 10.8. The fraction of sp³-hybridized carbons (Fsp3) is 0.188. The van der Waals surface area contributed by atoms with Crippen molar-refractivity contribution >= 4 is 28.4 Å². The van der Waals surface area contributed by atoms with Crippen molar-refractivity contribution in [1.82, 2.24) is 4.98 Å². The van der Waals surface area contributed by atoms with Crippen molar-refractivity contribution in [3.05, 3.63) is 60.2 Å². The van der Waals surface area contributed by atoms with Gasteiger partial charge in [-0.05, 0) is 42.7 Å². The summed E-state index contributed by atoms with van der Waals surface area (Å²) in [5.74, 6) is 2.90. The van der Waals surface area contributed by atoms with Gasteiger partial charge in [0.2, 0.25) is 0 Å². The number of hydrogen-bond acceptors (Lipinski definition) is 4. The summed E-state index contributed by atoms with van der Waals surface area (Å²) in [6, 6.07) is 14.3. The zero-order valence-corrected chi connectivity index (χ0v) is 12.1. The summed E-state index contributed by atoms with van der Waals surface area (Å²) in [4.78, 5) is 4.32. The minimum Gasteiger partial charge on any atom is -0.463 e. The second kappa shape index (κ2) is 6.01. The van der Waals surface area contributed by atoms with Crippen LogP contribution in [0.1, 0.15) is 11.5 Å². The Balaban J connectivity index is 1.69. The number of furan rings is 1. The summed E-state index contributed by atoms with van der Waals surface area (Å²) in [5, 5.41) is 4.52. The maximum Gasteiger partial charge on any atom is 0.123 e. The maximum absolute atomic E-state index is 5.74. The molecule has 0 atom stereocenters. The van der Waals surface area contributed by atoms with E-state index in [0.717, 1.165) is 33.9 Å². The molecule has 0 spiro atoms. The van der Waals surface area contributed by atoms with Gasteiger partial charge in [-0.2, -0.15) is 11.8 Å². The first-order chi connectivity index (χ1) is 9.85. The standard InChI is InChI=1S/C16H16N2OS/c1-20-11-15-6-5-14(19-15)10-18-13-4-7-16-12(9-13)3-2-8-17-16/h2-9,18H,10-11H2,1H3. The first-order valence-electron chi connectivity index (χ1n) is 6.50. The Morgan fingerprint density at radius 2 is 2.05 bits per heavy atom. The van der Waals surface area contributed by atoms with E-state index in [1.54, 1.807) is 11.8 Å². The summed E-state index contributed by atoms with van der Waals surface area (Å²) < 4.78 is 5.74. The molecule has 0 saturated carbocycles. The number of aromatic nitrogens is 1. The number of rotatable bonds is 5. The van der Waals surface area contributed by atoms with Gasteiger partial charge in [-0.3, -0.25) is 4.98 Å². The van der Waals surface area contributed by atoms with Crippen molar-refractivity contribution in [2.24, 2.45) is 0 Å². The summed E-state index contributed by atoms with van der Waals surface area (Å²) in [5.41, 5.74) is 2.09. The molecule has 3 rings (SSSR count). The molecule has 0 aliphatic heterocycles. The first-order valence-corrected chi connectivity index (χ1v) is 7.90. The zero-order chi connectivity index (χ0) is 13.8. The number of pyridine rings is 1. The minimum atomic E-state index is 0.695. The van der Waals surface area contributed by atoms with Crippen LogP contribution in [0.2, 0.25) is 0 Å². The summed E-state index contributed by atoms with van der Waals surface area (Å²) in [7, 11) is 0. The molecule has 20 heavy (non-hydrogen) atoms. The fourth-order valence-electron chi connectivity index (χ4n) is 2.11. The van der Waals surface area contributed by atoms with Gasteiger partial charge in [0.25, 0.3) is 0 Å². The molecule has 0 aliphatic carbocycles. The van der Waals surface area contributed by atoms with Gasteiger partial charge in [0.15, 0.2) is 0 Å². The SMILES string of the molecule is CSCc1ccc(CNc2ccc3ncccc3c2)o1. The third-order valence-electron chi connectivity index (χ3n) is 3.07. The Morgan fingerprint density at radius 1 is 1.15 bits per heavy atom. The Bertz CT molecular complexity index is 708. The molecule has 0 bridgehead atoms. The van der Waals surface area contributed by atoms with Gasteiger partial charge in [0.05, 0.1) is 17.8 Å². The van der Waals surface area contributed by atoms with Gasteiger partial charge >= 0.3 is 0 Å². The number of anilines is 1. The highest BCUT2D eigenvalue weighted by atomic mass is 32.2. The van der Waals surface area contributed by atoms with Gasteiger partial charge in [-0.25, -0.2) is 0 Å². The lowest BCUT2D eigenvalue weighted by Crippen LogP contribution is -1.97. The van der Waals surface area contributed by atoms with Crippen LogP contribution in [0.5, 0.6) is 0 Å². The van der Waals surface area contributed by atoms with Crippen LogP contribution in [0.4, 0.5) is 5.69 Å². The molecule has 4 heteroatoms. The van der Waals surface area contributed by atoms with Crippen LogP contribution in [0.3, 0.4) is 0 Å². The Labute approximate surface area is 122 Å². The van der Waals surface area contributed by atoms with Crippen molar-refractivity contribution in [2.75, 3.05) is 11.6 Å². The highest BCUT2D eigenvalue weighted by Gasteiger charge is 2.02. The van der Waals surface area contributed by atoms with E-state index in [4.69, 9.17) is 4.42 Å². The average Bonchev–Trinajstić information content (AvgIpc) is 2.93. The lowest BCUT2D eigenvalue weighted by molar-refractivity contribution is 0.487. The number of fused-ring (bicyclic) bond motifs is 1. The number of nitrogens with one attached hydrogen (secondary N) is 1. The van der Waals surface area contributed by atoms with E-state index >= 15 is 0 Å². The predicted molar refractivity (Wildman–Crippen MR) is 85.0 cm³/mol. The third-order valence-corrected chi connectivity index (χ3v) is 3.65. The van der Waals surface area contributed by atoms with Crippen LogP contribution >= 0.6 is 11.8 Å². The van der Waals surface area contributed by atoms with Gasteiger partial charge < -0.3 is 9.73 Å². The average molecular weight is 284 g/mol. The van der Waals surface area contributed by atoms with E-state index < -0.39 is 0 Å². The van der Waals surface area contributed by atoms with E-state index in [9.17, 15) is 0 Å². The van der Waals surface area contributed by atoms with Crippen molar-refractivity contribution in [1.29, 1.82) is 0 Å². The van der Waals surface area contributed by atoms with Crippen molar-refractivity contribution in [2.45, 2.75) is 12.3 Å². The van der Waals surface area contributed by atoms with Gasteiger partial charge in [-0.1, -0.05) is 6.07 Å². The molecule has 0 saturated heterocycles. The lowest BCUT2D eigenvalue weighted by atomic mass is 10.2. The Hall–Kier alpha value is -1.94. The predicted octanol–water partition coefficient (Wildman–Crippen LogP) is 4.30. The fourth-order valence-corrected chi connectivity index (χ4v) is 2.55. The van der Waals surface area contributed by atoms with Gasteiger partial charge in [-0.15, -0.1) is 0 Å². The van der Waals surface area contributed by atoms with Crippen molar-refractivity contribution in [3.8, 4) is 0 Å². The van der Waals surface area contributed by atoms with E-state index in [-0.39, 0.29) is 0 Å². The number of hydrogen-bond donors (Lipinski definition) is 1. The third kappa shape index (κ3) is 2.96. The van der Waals surface area contributed by atoms with Gasteiger partial charge in [0.1, 0.15) is 11.5 Å². The van der Waals surface area contributed by atoms with Crippen LogP contribution in [0.25, 0.3) is 10.9 Å². The molecule has 1 aromatic carbocycles.